The number of hydrogen-bond acceptors (Lipinski definition) is 4. The summed E-state index contributed by atoms with van der Waals surface area (Å²) in [5.74, 6) is 0.536. The second-order valence-corrected chi connectivity index (χ2v) is 6.82. The highest BCUT2D eigenvalue weighted by Gasteiger charge is 2.44. The van der Waals surface area contributed by atoms with Crippen molar-refractivity contribution in [3.8, 4) is 0 Å². The molecule has 19 heavy (non-hydrogen) atoms. The molecule has 106 valence electrons. The van der Waals surface area contributed by atoms with Crippen LogP contribution in [0.2, 0.25) is 0 Å². The number of nitrogens with zero attached hydrogens (tertiary/aromatic N) is 1. The van der Waals surface area contributed by atoms with Crippen LogP contribution in [0, 0.1) is 17.3 Å². The Hall–Kier alpha value is -0.940. The minimum Gasteiger partial charge on any atom is -0.350 e. The lowest BCUT2D eigenvalue weighted by Gasteiger charge is -2.46. The molecule has 1 aromatic heterocycles. The van der Waals surface area contributed by atoms with E-state index >= 15 is 0 Å². The molecule has 1 saturated carbocycles. The van der Waals surface area contributed by atoms with Gasteiger partial charge in [-0.2, -0.15) is 0 Å². The van der Waals surface area contributed by atoms with Gasteiger partial charge in [0.05, 0.1) is 17.7 Å². The van der Waals surface area contributed by atoms with Crippen LogP contribution in [0.25, 0.3) is 0 Å². The first-order valence-corrected chi connectivity index (χ1v) is 7.77. The predicted octanol–water partition coefficient (Wildman–Crippen LogP) is 2.16. The topological polar surface area (TPSA) is 68.0 Å². The van der Waals surface area contributed by atoms with Crippen LogP contribution in [0.15, 0.2) is 10.9 Å². The van der Waals surface area contributed by atoms with E-state index in [4.69, 9.17) is 5.73 Å². The number of aromatic nitrogens is 1. The number of carbonyl (C=O) groups is 1. The third-order valence-electron chi connectivity index (χ3n) is 4.75. The summed E-state index contributed by atoms with van der Waals surface area (Å²) in [5.41, 5.74) is 8.79. The molecule has 4 nitrogen and oxygen atoms in total. The summed E-state index contributed by atoms with van der Waals surface area (Å²) in [6.07, 6.45) is 1.81. The molecule has 1 aliphatic carbocycles. The Kier molecular flexibility index (Phi) is 4.26. The van der Waals surface area contributed by atoms with Crippen LogP contribution in [-0.4, -0.2) is 16.9 Å². The second kappa shape index (κ2) is 5.59. The molecule has 3 atom stereocenters. The van der Waals surface area contributed by atoms with Gasteiger partial charge in [0.1, 0.15) is 0 Å². The third-order valence-corrected chi connectivity index (χ3v) is 5.38. The van der Waals surface area contributed by atoms with E-state index in [1.807, 2.05) is 5.38 Å². The van der Waals surface area contributed by atoms with Gasteiger partial charge in [0.25, 0.3) is 0 Å². The zero-order chi connectivity index (χ0) is 14.0. The van der Waals surface area contributed by atoms with Gasteiger partial charge >= 0.3 is 0 Å². The van der Waals surface area contributed by atoms with E-state index in [0.29, 0.717) is 12.5 Å². The fourth-order valence-electron chi connectivity index (χ4n) is 2.94. The summed E-state index contributed by atoms with van der Waals surface area (Å²) in [7, 11) is 0. The van der Waals surface area contributed by atoms with E-state index in [1.54, 1.807) is 16.8 Å². The Morgan fingerprint density at radius 1 is 1.58 bits per heavy atom. The molecule has 5 heteroatoms. The molecular weight excluding hydrogens is 258 g/mol. The number of nitrogens with two attached hydrogens (primary N) is 1. The highest BCUT2D eigenvalue weighted by atomic mass is 32.1. The highest BCUT2D eigenvalue weighted by molar-refractivity contribution is 7.07. The van der Waals surface area contributed by atoms with Gasteiger partial charge in [-0.3, -0.25) is 4.79 Å². The standard InChI is InChI=1S/C14H23N3OS/c1-9-12(15)5-4-11(14(9,2)3)13(18)16-6-10-7-19-8-17-10/h7-9,11-12H,4-6,15H2,1-3H3,(H,16,18). The maximum atomic E-state index is 12.4. The van der Waals surface area contributed by atoms with Crippen molar-refractivity contribution < 1.29 is 4.79 Å². The van der Waals surface area contributed by atoms with Crippen LogP contribution in [0.5, 0.6) is 0 Å². The van der Waals surface area contributed by atoms with Crippen LogP contribution < -0.4 is 11.1 Å². The quantitative estimate of drug-likeness (QED) is 0.892. The van der Waals surface area contributed by atoms with Gasteiger partial charge in [-0.25, -0.2) is 4.98 Å². The molecule has 3 unspecified atom stereocenters. The lowest BCUT2D eigenvalue weighted by atomic mass is 9.61. The lowest BCUT2D eigenvalue weighted by molar-refractivity contribution is -0.132. The first-order valence-electron chi connectivity index (χ1n) is 6.83. The van der Waals surface area contributed by atoms with Gasteiger partial charge in [0.15, 0.2) is 0 Å². The minimum absolute atomic E-state index is 0.0425. The first-order chi connectivity index (χ1) is 8.93. The van der Waals surface area contributed by atoms with E-state index in [-0.39, 0.29) is 23.3 Å². The van der Waals surface area contributed by atoms with Crippen LogP contribution in [0.1, 0.15) is 39.3 Å². The summed E-state index contributed by atoms with van der Waals surface area (Å²) in [5, 5.41) is 4.97. The summed E-state index contributed by atoms with van der Waals surface area (Å²) in [6, 6.07) is 0.206. The Morgan fingerprint density at radius 2 is 2.32 bits per heavy atom. The van der Waals surface area contributed by atoms with Gasteiger partial charge in [-0.15, -0.1) is 11.3 Å². The van der Waals surface area contributed by atoms with Crippen molar-refractivity contribution in [1.29, 1.82) is 0 Å². The fourth-order valence-corrected chi connectivity index (χ4v) is 3.50. The molecule has 0 bridgehead atoms. The molecule has 1 aliphatic rings. The zero-order valence-electron chi connectivity index (χ0n) is 11.8. The Balaban J connectivity index is 1.98. The Labute approximate surface area is 118 Å². The maximum Gasteiger partial charge on any atom is 0.223 e. The molecule has 1 amide bonds. The van der Waals surface area contributed by atoms with Gasteiger partial charge in [0.2, 0.25) is 5.91 Å². The zero-order valence-corrected chi connectivity index (χ0v) is 12.7. The number of rotatable bonds is 3. The lowest BCUT2D eigenvalue weighted by Crippen LogP contribution is -2.51. The molecule has 1 aromatic rings. The molecule has 1 heterocycles. The van der Waals surface area contributed by atoms with Gasteiger partial charge in [-0.1, -0.05) is 20.8 Å². The monoisotopic (exact) mass is 281 g/mol. The number of hydrogen-bond donors (Lipinski definition) is 2. The second-order valence-electron chi connectivity index (χ2n) is 6.10. The van der Waals surface area contributed by atoms with Crippen molar-refractivity contribution in [2.24, 2.45) is 23.0 Å². The summed E-state index contributed by atoms with van der Waals surface area (Å²) in [6.45, 7) is 6.99. The van der Waals surface area contributed by atoms with Crippen LogP contribution in [0.4, 0.5) is 0 Å². The van der Waals surface area contributed by atoms with Crippen molar-refractivity contribution in [3.63, 3.8) is 0 Å². The van der Waals surface area contributed by atoms with E-state index in [9.17, 15) is 4.79 Å². The molecule has 1 fully saturated rings. The van der Waals surface area contributed by atoms with Gasteiger partial charge in [-0.05, 0) is 24.2 Å². The van der Waals surface area contributed by atoms with Crippen LogP contribution in [-0.2, 0) is 11.3 Å². The number of nitrogens with one attached hydrogen (secondary N) is 1. The number of thiazole rings is 1. The smallest absolute Gasteiger partial charge is 0.223 e. The van der Waals surface area contributed by atoms with Crippen molar-refractivity contribution in [3.05, 3.63) is 16.6 Å². The molecule has 0 saturated heterocycles. The summed E-state index contributed by atoms with van der Waals surface area (Å²) in [4.78, 5) is 16.6. The van der Waals surface area contributed by atoms with E-state index < -0.39 is 0 Å². The normalized spacial score (nSPS) is 30.0. The molecule has 0 aliphatic heterocycles. The van der Waals surface area contributed by atoms with Crippen molar-refractivity contribution in [2.75, 3.05) is 0 Å². The molecule has 0 radical (unpaired) electrons. The largest absolute Gasteiger partial charge is 0.350 e. The van der Waals surface area contributed by atoms with Crippen molar-refractivity contribution >= 4 is 17.2 Å². The SMILES string of the molecule is CC1C(N)CCC(C(=O)NCc2cscn2)C1(C)C. The van der Waals surface area contributed by atoms with Crippen molar-refractivity contribution in [2.45, 2.75) is 46.2 Å². The average molecular weight is 281 g/mol. The van der Waals surface area contributed by atoms with Crippen molar-refractivity contribution in [1.82, 2.24) is 10.3 Å². The molecule has 3 N–H and O–H groups in total. The minimum atomic E-state index is -0.0518. The first kappa shape index (κ1) is 14.5. The van der Waals surface area contributed by atoms with E-state index in [1.165, 1.54) is 0 Å². The van der Waals surface area contributed by atoms with Crippen LogP contribution in [0.3, 0.4) is 0 Å². The highest BCUT2D eigenvalue weighted by Crippen LogP contribution is 2.44. The number of carbonyl (C=O) groups excluding carboxylic acids is 1. The average Bonchev–Trinajstić information content (AvgIpc) is 2.86. The fraction of sp³-hybridized carbons (Fsp3) is 0.714. The molecule has 0 spiro atoms. The molecule has 2 rings (SSSR count). The summed E-state index contributed by atoms with van der Waals surface area (Å²) < 4.78 is 0. The van der Waals surface area contributed by atoms with Gasteiger partial charge < -0.3 is 11.1 Å². The summed E-state index contributed by atoms with van der Waals surface area (Å²) >= 11 is 1.55. The Bertz CT molecular complexity index is 430. The van der Waals surface area contributed by atoms with E-state index in [2.05, 4.69) is 31.1 Å². The van der Waals surface area contributed by atoms with Crippen LogP contribution >= 0.6 is 11.3 Å². The number of amides is 1. The molecular formula is C14H23N3OS. The van der Waals surface area contributed by atoms with Gasteiger partial charge in [0, 0.05) is 17.3 Å². The third kappa shape index (κ3) is 2.98. The predicted molar refractivity (Wildman–Crippen MR) is 77.6 cm³/mol. The maximum absolute atomic E-state index is 12.4. The van der Waals surface area contributed by atoms with E-state index in [0.717, 1.165) is 18.5 Å². The Morgan fingerprint density at radius 3 is 2.95 bits per heavy atom. The molecule has 0 aromatic carbocycles.